The lowest BCUT2D eigenvalue weighted by molar-refractivity contribution is -0.124. The third-order valence-corrected chi connectivity index (χ3v) is 6.38. The average molecular weight is 420 g/mol. The number of unbranched alkanes of at least 4 members (excludes halogenated alkanes) is 5. The number of likely N-dealkylation sites (N-methyl/N-ethyl adjacent to an activating group) is 1. The molecule has 0 aromatic carbocycles. The molecule has 0 saturated carbocycles. The second-order valence-electron chi connectivity index (χ2n) is 6.69. The van der Waals surface area contributed by atoms with E-state index in [2.05, 4.69) is 17.6 Å². The quantitative estimate of drug-likeness (QED) is 0.332. The summed E-state index contributed by atoms with van der Waals surface area (Å²) in [5, 5.41) is 5.49. The first-order valence-electron chi connectivity index (χ1n) is 9.90. The van der Waals surface area contributed by atoms with Gasteiger partial charge in [0.15, 0.2) is 5.12 Å². The number of nitrogens with two attached hydrogens (primary N) is 1. The van der Waals surface area contributed by atoms with Gasteiger partial charge in [0, 0.05) is 43.2 Å². The third kappa shape index (κ3) is 14.9. The Kier molecular flexibility index (Phi) is 16.9. The number of thioether (sulfide) groups is 2. The number of nitrogens with one attached hydrogen (secondary N) is 2. The molecule has 0 bridgehead atoms. The Hall–Kier alpha value is -0.730. The van der Waals surface area contributed by atoms with Gasteiger partial charge in [-0.1, -0.05) is 57.7 Å². The molecule has 2 unspecified atom stereocenters. The minimum absolute atomic E-state index is 0.0297. The molecule has 2 amide bonds. The van der Waals surface area contributed by atoms with E-state index in [4.69, 9.17) is 5.73 Å². The van der Waals surface area contributed by atoms with E-state index in [1.54, 1.807) is 11.8 Å². The molecule has 0 fully saturated rings. The lowest BCUT2D eigenvalue weighted by Gasteiger charge is -2.12. The fourth-order valence-electron chi connectivity index (χ4n) is 2.30. The van der Waals surface area contributed by atoms with Crippen LogP contribution in [0.1, 0.15) is 58.8 Å². The number of carbonyl (C=O) groups excluding carboxylic acids is 3. The lowest BCUT2D eigenvalue weighted by atomic mass is 10.1. The zero-order valence-electron chi connectivity index (χ0n) is 17.1. The summed E-state index contributed by atoms with van der Waals surface area (Å²) in [7, 11) is 1.52. The molecule has 6 nitrogen and oxygen atoms in total. The molecule has 0 aliphatic carbocycles. The Bertz CT molecular complexity index is 436. The van der Waals surface area contributed by atoms with Gasteiger partial charge in [-0.3, -0.25) is 14.4 Å². The second-order valence-corrected chi connectivity index (χ2v) is 8.92. The van der Waals surface area contributed by atoms with Crippen LogP contribution in [0.2, 0.25) is 0 Å². The van der Waals surface area contributed by atoms with E-state index in [-0.39, 0.29) is 22.8 Å². The van der Waals surface area contributed by atoms with Crippen LogP contribution >= 0.6 is 23.5 Å². The van der Waals surface area contributed by atoms with Gasteiger partial charge in [0.25, 0.3) is 0 Å². The number of rotatable bonds is 16. The maximum Gasteiger partial charge on any atom is 0.237 e. The molecule has 0 heterocycles. The van der Waals surface area contributed by atoms with Crippen LogP contribution in [0.5, 0.6) is 0 Å². The molecule has 4 N–H and O–H groups in total. The van der Waals surface area contributed by atoms with E-state index in [9.17, 15) is 14.4 Å². The Morgan fingerprint density at radius 1 is 1.00 bits per heavy atom. The minimum Gasteiger partial charge on any atom is -0.358 e. The number of carbonyl (C=O) groups is 3. The van der Waals surface area contributed by atoms with Crippen LogP contribution in [0.4, 0.5) is 0 Å². The molecule has 0 aliphatic heterocycles. The highest BCUT2D eigenvalue weighted by Gasteiger charge is 2.15. The van der Waals surface area contributed by atoms with Crippen LogP contribution in [0.15, 0.2) is 0 Å². The molecule has 2 atom stereocenters. The molecule has 0 aliphatic rings. The largest absolute Gasteiger partial charge is 0.358 e. The summed E-state index contributed by atoms with van der Waals surface area (Å²) in [6.45, 7) is 4.88. The number of hydrogen-bond acceptors (Lipinski definition) is 6. The predicted molar refractivity (Wildman–Crippen MR) is 117 cm³/mol. The minimum atomic E-state index is -0.660. The van der Waals surface area contributed by atoms with E-state index >= 15 is 0 Å². The highest BCUT2D eigenvalue weighted by molar-refractivity contribution is 8.13. The van der Waals surface area contributed by atoms with Crippen molar-refractivity contribution in [3.63, 3.8) is 0 Å². The zero-order chi connectivity index (χ0) is 20.5. The van der Waals surface area contributed by atoms with Gasteiger partial charge < -0.3 is 16.4 Å². The molecule has 0 spiro atoms. The first-order chi connectivity index (χ1) is 12.9. The summed E-state index contributed by atoms with van der Waals surface area (Å²) >= 11 is 2.71. The fourth-order valence-corrected chi connectivity index (χ4v) is 4.19. The predicted octanol–water partition coefficient (Wildman–Crippen LogP) is 2.56. The summed E-state index contributed by atoms with van der Waals surface area (Å²) in [4.78, 5) is 35.1. The number of amides is 2. The van der Waals surface area contributed by atoms with Crippen LogP contribution in [0, 0.1) is 5.92 Å². The zero-order valence-corrected chi connectivity index (χ0v) is 18.7. The van der Waals surface area contributed by atoms with Crippen molar-refractivity contribution in [1.29, 1.82) is 0 Å². The maximum absolute atomic E-state index is 12.0. The van der Waals surface area contributed by atoms with Crippen LogP contribution < -0.4 is 16.4 Å². The standard InChI is InChI=1S/C19H37N3O3S2/c1-4-5-6-7-8-9-11-22-18(24)15(2)13-26-12-10-17(23)27-14-16(20)19(25)21-3/h15-16H,4-14,20H2,1-3H3,(H,21,25)(H,22,24). The van der Waals surface area contributed by atoms with Crippen molar-refractivity contribution in [2.24, 2.45) is 11.7 Å². The Balaban J connectivity index is 3.66. The summed E-state index contributed by atoms with van der Waals surface area (Å²) in [5.74, 6) is 1.45. The molecule has 0 saturated heterocycles. The van der Waals surface area contributed by atoms with Crippen LogP contribution in [0.25, 0.3) is 0 Å². The van der Waals surface area contributed by atoms with Gasteiger partial charge in [0.05, 0.1) is 6.04 Å². The van der Waals surface area contributed by atoms with E-state index in [1.807, 2.05) is 6.92 Å². The van der Waals surface area contributed by atoms with Crippen LogP contribution in [0.3, 0.4) is 0 Å². The van der Waals surface area contributed by atoms with Crippen LogP contribution in [-0.4, -0.2) is 53.8 Å². The summed E-state index contributed by atoms with van der Waals surface area (Å²) in [5.41, 5.74) is 5.65. The molecule has 0 aromatic rings. The molecule has 27 heavy (non-hydrogen) atoms. The van der Waals surface area contributed by atoms with Gasteiger partial charge in [-0.25, -0.2) is 0 Å². The molecule has 8 heteroatoms. The van der Waals surface area contributed by atoms with Gasteiger partial charge in [0.2, 0.25) is 11.8 Å². The van der Waals surface area contributed by atoms with Gasteiger partial charge in [-0.2, -0.15) is 11.8 Å². The maximum atomic E-state index is 12.0. The van der Waals surface area contributed by atoms with Gasteiger partial charge in [-0.05, 0) is 6.42 Å². The molecule has 0 rings (SSSR count). The fraction of sp³-hybridized carbons (Fsp3) is 0.842. The Morgan fingerprint density at radius 2 is 1.67 bits per heavy atom. The van der Waals surface area contributed by atoms with E-state index in [0.717, 1.165) is 24.7 Å². The molecule has 158 valence electrons. The van der Waals surface area contributed by atoms with Crippen molar-refractivity contribution in [1.82, 2.24) is 10.6 Å². The summed E-state index contributed by atoms with van der Waals surface area (Å²) in [6, 6.07) is -0.660. The summed E-state index contributed by atoms with van der Waals surface area (Å²) in [6.07, 6.45) is 7.71. The Labute approximate surface area is 172 Å². The van der Waals surface area contributed by atoms with E-state index in [1.165, 1.54) is 39.2 Å². The van der Waals surface area contributed by atoms with Gasteiger partial charge in [0.1, 0.15) is 0 Å². The van der Waals surface area contributed by atoms with Crippen molar-refractivity contribution in [2.45, 2.75) is 64.8 Å². The van der Waals surface area contributed by atoms with E-state index in [0.29, 0.717) is 23.7 Å². The highest BCUT2D eigenvalue weighted by atomic mass is 32.2. The molecule has 0 aromatic heterocycles. The van der Waals surface area contributed by atoms with Crippen molar-refractivity contribution in [2.75, 3.05) is 30.9 Å². The van der Waals surface area contributed by atoms with Crippen molar-refractivity contribution < 1.29 is 14.4 Å². The van der Waals surface area contributed by atoms with Gasteiger partial charge >= 0.3 is 0 Å². The topological polar surface area (TPSA) is 101 Å². The van der Waals surface area contributed by atoms with Crippen molar-refractivity contribution >= 4 is 40.5 Å². The van der Waals surface area contributed by atoms with Gasteiger partial charge in [-0.15, -0.1) is 0 Å². The first kappa shape index (κ1) is 26.3. The van der Waals surface area contributed by atoms with Crippen molar-refractivity contribution in [3.05, 3.63) is 0 Å². The molecular weight excluding hydrogens is 382 g/mol. The number of hydrogen-bond donors (Lipinski definition) is 3. The summed E-state index contributed by atoms with van der Waals surface area (Å²) < 4.78 is 0. The first-order valence-corrected chi connectivity index (χ1v) is 12.0. The van der Waals surface area contributed by atoms with E-state index < -0.39 is 6.04 Å². The van der Waals surface area contributed by atoms with Crippen molar-refractivity contribution in [3.8, 4) is 0 Å². The SMILES string of the molecule is CCCCCCCCNC(=O)C(C)CSCCC(=O)SCC(N)C(=O)NC. The molecular formula is C19H37N3O3S2. The monoisotopic (exact) mass is 419 g/mol. The lowest BCUT2D eigenvalue weighted by Crippen LogP contribution is -2.40. The normalized spacial score (nSPS) is 13.0. The highest BCUT2D eigenvalue weighted by Crippen LogP contribution is 2.14. The second kappa shape index (κ2) is 17.4. The third-order valence-electron chi connectivity index (χ3n) is 4.10. The average Bonchev–Trinajstić information content (AvgIpc) is 2.67. The Morgan fingerprint density at radius 3 is 2.33 bits per heavy atom. The smallest absolute Gasteiger partial charge is 0.237 e. The van der Waals surface area contributed by atoms with Crippen LogP contribution in [-0.2, 0) is 14.4 Å². The molecule has 0 radical (unpaired) electrons.